The van der Waals surface area contributed by atoms with E-state index in [1.807, 2.05) is 0 Å². The standard InChI is InChI=1S/C13H25N3/c1-10(2)13-8-15-4-5-16(9-13)7-11(6-15)12(13)14-3/h10-12,14H,4-9H2,1-3H3. The quantitative estimate of drug-likeness (QED) is 0.734. The van der Waals surface area contributed by atoms with Crippen molar-refractivity contribution >= 4 is 0 Å². The number of piperidine rings is 2. The van der Waals surface area contributed by atoms with Gasteiger partial charge in [-0.05, 0) is 13.0 Å². The van der Waals surface area contributed by atoms with Gasteiger partial charge in [0.05, 0.1) is 0 Å². The molecule has 0 radical (unpaired) electrons. The molecule has 0 saturated carbocycles. The second-order valence-corrected chi connectivity index (χ2v) is 6.38. The maximum atomic E-state index is 3.64. The van der Waals surface area contributed by atoms with E-state index in [0.29, 0.717) is 5.41 Å². The molecule has 4 heterocycles. The van der Waals surface area contributed by atoms with Gasteiger partial charge < -0.3 is 15.1 Å². The van der Waals surface area contributed by atoms with Gasteiger partial charge in [0.2, 0.25) is 0 Å². The summed E-state index contributed by atoms with van der Waals surface area (Å²) in [5.74, 6) is 1.62. The Hall–Kier alpha value is -0.120. The highest BCUT2D eigenvalue weighted by Gasteiger charge is 2.54. The van der Waals surface area contributed by atoms with Crippen molar-refractivity contribution in [1.29, 1.82) is 0 Å². The highest BCUT2D eigenvalue weighted by atomic mass is 15.3. The van der Waals surface area contributed by atoms with Gasteiger partial charge in [-0.25, -0.2) is 0 Å². The van der Waals surface area contributed by atoms with E-state index in [1.54, 1.807) is 0 Å². The average Bonchev–Trinajstić information content (AvgIpc) is 2.47. The Labute approximate surface area is 99.2 Å². The maximum Gasteiger partial charge on any atom is 0.0200 e. The van der Waals surface area contributed by atoms with Crippen LogP contribution >= 0.6 is 0 Å². The summed E-state index contributed by atoms with van der Waals surface area (Å²) in [6.45, 7) is 12.7. The monoisotopic (exact) mass is 223 g/mol. The molecule has 0 aromatic rings. The Kier molecular flexibility index (Phi) is 2.54. The molecule has 1 N–H and O–H groups in total. The van der Waals surface area contributed by atoms with E-state index in [2.05, 4.69) is 36.0 Å². The first-order valence-corrected chi connectivity index (χ1v) is 6.78. The first kappa shape index (κ1) is 11.0. The van der Waals surface area contributed by atoms with Crippen molar-refractivity contribution in [3.63, 3.8) is 0 Å². The minimum atomic E-state index is 0.492. The van der Waals surface area contributed by atoms with Crippen molar-refractivity contribution in [2.75, 3.05) is 46.3 Å². The first-order valence-electron chi connectivity index (χ1n) is 6.78. The average molecular weight is 223 g/mol. The third-order valence-corrected chi connectivity index (χ3v) is 5.31. The van der Waals surface area contributed by atoms with Gasteiger partial charge in [0.1, 0.15) is 0 Å². The summed E-state index contributed by atoms with van der Waals surface area (Å²) >= 11 is 0. The zero-order valence-electron chi connectivity index (χ0n) is 10.9. The van der Waals surface area contributed by atoms with Crippen molar-refractivity contribution in [2.45, 2.75) is 19.9 Å². The van der Waals surface area contributed by atoms with Gasteiger partial charge in [-0.2, -0.15) is 0 Å². The van der Waals surface area contributed by atoms with E-state index in [4.69, 9.17) is 0 Å². The number of hydrogen-bond acceptors (Lipinski definition) is 3. The molecule has 0 aromatic carbocycles. The van der Waals surface area contributed by atoms with Gasteiger partial charge in [-0.3, -0.25) is 0 Å². The number of hydrogen-bond donors (Lipinski definition) is 1. The first-order chi connectivity index (χ1) is 7.65. The molecule has 3 atom stereocenters. The van der Waals surface area contributed by atoms with E-state index >= 15 is 0 Å². The van der Waals surface area contributed by atoms with Crippen molar-refractivity contribution in [1.82, 2.24) is 15.1 Å². The third kappa shape index (κ3) is 1.38. The topological polar surface area (TPSA) is 18.5 Å². The lowest BCUT2D eigenvalue weighted by molar-refractivity contribution is -0.0581. The van der Waals surface area contributed by atoms with Crippen LogP contribution in [0.25, 0.3) is 0 Å². The highest BCUT2D eigenvalue weighted by molar-refractivity contribution is 5.09. The Balaban J connectivity index is 1.99. The molecule has 3 unspecified atom stereocenters. The summed E-state index contributed by atoms with van der Waals surface area (Å²) < 4.78 is 0. The lowest BCUT2D eigenvalue weighted by Crippen LogP contribution is -2.69. The van der Waals surface area contributed by atoms with E-state index < -0.39 is 0 Å². The largest absolute Gasteiger partial charge is 0.316 e. The molecule has 4 bridgehead atoms. The van der Waals surface area contributed by atoms with Gasteiger partial charge in [0, 0.05) is 56.6 Å². The van der Waals surface area contributed by atoms with Crippen molar-refractivity contribution in [2.24, 2.45) is 17.3 Å². The normalized spacial score (nSPS) is 51.0. The van der Waals surface area contributed by atoms with Crippen LogP contribution in [0.4, 0.5) is 0 Å². The number of nitrogens with one attached hydrogen (secondary N) is 1. The van der Waals surface area contributed by atoms with Crippen LogP contribution in [0.5, 0.6) is 0 Å². The second kappa shape index (κ2) is 3.69. The Morgan fingerprint density at radius 1 is 1.12 bits per heavy atom. The summed E-state index contributed by atoms with van der Waals surface area (Å²) in [4.78, 5) is 5.43. The van der Waals surface area contributed by atoms with Gasteiger partial charge >= 0.3 is 0 Å². The second-order valence-electron chi connectivity index (χ2n) is 6.38. The van der Waals surface area contributed by atoms with E-state index in [1.165, 1.54) is 39.3 Å². The summed E-state index contributed by atoms with van der Waals surface area (Å²) in [6, 6.07) is 0.734. The van der Waals surface area contributed by atoms with Crippen molar-refractivity contribution < 1.29 is 0 Å². The van der Waals surface area contributed by atoms with Crippen LogP contribution in [0.3, 0.4) is 0 Å². The summed E-state index contributed by atoms with van der Waals surface area (Å²) in [5.41, 5.74) is 0.492. The predicted octanol–water partition coefficient (Wildman–Crippen LogP) is 0.478. The van der Waals surface area contributed by atoms with Crippen LogP contribution in [0, 0.1) is 17.3 Å². The molecule has 0 aromatic heterocycles. The zero-order valence-corrected chi connectivity index (χ0v) is 10.9. The summed E-state index contributed by atoms with van der Waals surface area (Å²) in [7, 11) is 2.16. The van der Waals surface area contributed by atoms with E-state index in [-0.39, 0.29) is 0 Å². The van der Waals surface area contributed by atoms with Gasteiger partial charge in [0.15, 0.2) is 0 Å². The fourth-order valence-electron chi connectivity index (χ4n) is 4.48. The van der Waals surface area contributed by atoms with Crippen LogP contribution in [0.1, 0.15) is 13.8 Å². The molecule has 0 amide bonds. The highest BCUT2D eigenvalue weighted by Crippen LogP contribution is 2.45. The molecule has 3 nitrogen and oxygen atoms in total. The molecule has 4 saturated heterocycles. The fourth-order valence-corrected chi connectivity index (χ4v) is 4.48. The number of nitrogens with zero attached hydrogens (tertiary/aromatic N) is 2. The fraction of sp³-hybridized carbons (Fsp3) is 1.00. The smallest absolute Gasteiger partial charge is 0.0200 e. The van der Waals surface area contributed by atoms with Crippen LogP contribution < -0.4 is 5.32 Å². The molecule has 4 aliphatic heterocycles. The molecule has 4 aliphatic rings. The van der Waals surface area contributed by atoms with Crippen LogP contribution in [0.2, 0.25) is 0 Å². The molecular formula is C13H25N3. The van der Waals surface area contributed by atoms with Gasteiger partial charge in [-0.1, -0.05) is 13.8 Å². The van der Waals surface area contributed by atoms with Gasteiger partial charge in [0.25, 0.3) is 0 Å². The summed E-state index contributed by atoms with van der Waals surface area (Å²) in [5, 5.41) is 3.64. The minimum absolute atomic E-state index is 0.492. The Bertz CT molecular complexity index is 260. The van der Waals surface area contributed by atoms with E-state index in [9.17, 15) is 0 Å². The van der Waals surface area contributed by atoms with Gasteiger partial charge in [-0.15, -0.1) is 0 Å². The third-order valence-electron chi connectivity index (χ3n) is 5.31. The molecule has 16 heavy (non-hydrogen) atoms. The Morgan fingerprint density at radius 3 is 2.12 bits per heavy atom. The number of rotatable bonds is 2. The van der Waals surface area contributed by atoms with E-state index in [0.717, 1.165) is 17.9 Å². The minimum Gasteiger partial charge on any atom is -0.316 e. The SMILES string of the molecule is CNC1C2CN3CCN(C2)CC1(C(C)C)C3. The van der Waals surface area contributed by atoms with Crippen molar-refractivity contribution in [3.8, 4) is 0 Å². The predicted molar refractivity (Wildman–Crippen MR) is 66.5 cm³/mol. The molecule has 4 rings (SSSR count). The molecule has 3 heteroatoms. The molecule has 0 aliphatic carbocycles. The maximum absolute atomic E-state index is 3.64. The zero-order chi connectivity index (χ0) is 11.3. The molecule has 92 valence electrons. The van der Waals surface area contributed by atoms with Crippen LogP contribution in [0.15, 0.2) is 0 Å². The lowest BCUT2D eigenvalue weighted by atomic mass is 9.62. The van der Waals surface area contributed by atoms with Crippen molar-refractivity contribution in [3.05, 3.63) is 0 Å². The number of fused-ring (bicyclic) bond motifs is 1. The van der Waals surface area contributed by atoms with Crippen LogP contribution in [-0.4, -0.2) is 62.2 Å². The van der Waals surface area contributed by atoms with Crippen LogP contribution in [-0.2, 0) is 0 Å². The molecular weight excluding hydrogens is 198 g/mol. The molecule has 0 spiro atoms. The Morgan fingerprint density at radius 2 is 1.69 bits per heavy atom. The lowest BCUT2D eigenvalue weighted by Gasteiger charge is -2.57. The summed E-state index contributed by atoms with van der Waals surface area (Å²) in [6.07, 6.45) is 0. The molecule has 4 fully saturated rings.